The SMILES string of the molecule is O=C1NCC(COc2ncncc2F)CO1. The molecule has 0 saturated carbocycles. The Morgan fingerprint density at radius 3 is 3.25 bits per heavy atom. The van der Waals surface area contributed by atoms with Gasteiger partial charge in [0.1, 0.15) is 12.9 Å². The molecule has 0 spiro atoms. The van der Waals surface area contributed by atoms with Gasteiger partial charge in [-0.05, 0) is 0 Å². The molecule has 0 aliphatic carbocycles. The lowest BCUT2D eigenvalue weighted by Gasteiger charge is -2.22. The molecule has 1 aliphatic heterocycles. The smallest absolute Gasteiger partial charge is 0.407 e. The molecule has 0 radical (unpaired) electrons. The summed E-state index contributed by atoms with van der Waals surface area (Å²) < 4.78 is 23.0. The number of hydrogen-bond acceptors (Lipinski definition) is 5. The number of hydrogen-bond donors (Lipinski definition) is 1. The van der Waals surface area contributed by atoms with E-state index in [2.05, 4.69) is 15.3 Å². The molecule has 1 fully saturated rings. The summed E-state index contributed by atoms with van der Waals surface area (Å²) in [6.07, 6.45) is 1.79. The van der Waals surface area contributed by atoms with E-state index in [0.29, 0.717) is 6.54 Å². The molecule has 2 rings (SSSR count). The fourth-order valence-corrected chi connectivity index (χ4v) is 1.24. The van der Waals surface area contributed by atoms with Gasteiger partial charge in [-0.15, -0.1) is 0 Å². The molecule has 2 heterocycles. The number of rotatable bonds is 3. The minimum absolute atomic E-state index is 0.00735. The van der Waals surface area contributed by atoms with E-state index in [1.807, 2.05) is 0 Å². The molecule has 1 aliphatic rings. The van der Waals surface area contributed by atoms with E-state index in [1.54, 1.807) is 0 Å². The Kier molecular flexibility index (Phi) is 3.13. The van der Waals surface area contributed by atoms with Crippen molar-refractivity contribution < 1.29 is 18.7 Å². The number of nitrogens with one attached hydrogen (secondary N) is 1. The van der Waals surface area contributed by atoms with Gasteiger partial charge in [-0.3, -0.25) is 0 Å². The van der Waals surface area contributed by atoms with Crippen LogP contribution in [0.3, 0.4) is 0 Å². The first-order valence-corrected chi connectivity index (χ1v) is 4.74. The van der Waals surface area contributed by atoms with Crippen LogP contribution in [0.15, 0.2) is 12.5 Å². The zero-order valence-electron chi connectivity index (χ0n) is 8.35. The molecule has 1 saturated heterocycles. The van der Waals surface area contributed by atoms with Crippen molar-refractivity contribution in [3.05, 3.63) is 18.3 Å². The van der Waals surface area contributed by atoms with Gasteiger partial charge in [-0.25, -0.2) is 9.78 Å². The molecule has 6 nitrogen and oxygen atoms in total. The minimum Gasteiger partial charge on any atom is -0.475 e. The van der Waals surface area contributed by atoms with E-state index in [9.17, 15) is 9.18 Å². The van der Waals surface area contributed by atoms with E-state index in [0.717, 1.165) is 6.20 Å². The first-order chi connectivity index (χ1) is 7.75. The van der Waals surface area contributed by atoms with Gasteiger partial charge < -0.3 is 14.8 Å². The maximum Gasteiger partial charge on any atom is 0.407 e. The molecular weight excluding hydrogens is 217 g/mol. The predicted octanol–water partition coefficient (Wildman–Crippen LogP) is 0.351. The topological polar surface area (TPSA) is 73.3 Å². The summed E-state index contributed by atoms with van der Waals surface area (Å²) in [6, 6.07) is 0. The van der Waals surface area contributed by atoms with Crippen molar-refractivity contribution in [1.82, 2.24) is 15.3 Å². The largest absolute Gasteiger partial charge is 0.475 e. The summed E-state index contributed by atoms with van der Waals surface area (Å²) >= 11 is 0. The highest BCUT2D eigenvalue weighted by molar-refractivity contribution is 5.67. The third kappa shape index (κ3) is 2.56. The molecule has 1 amide bonds. The lowest BCUT2D eigenvalue weighted by molar-refractivity contribution is 0.0817. The fraction of sp³-hybridized carbons (Fsp3) is 0.444. The zero-order valence-corrected chi connectivity index (χ0v) is 8.35. The highest BCUT2D eigenvalue weighted by Crippen LogP contribution is 2.12. The summed E-state index contributed by atoms with van der Waals surface area (Å²) in [7, 11) is 0. The van der Waals surface area contributed by atoms with Gasteiger partial charge in [-0.1, -0.05) is 0 Å². The third-order valence-corrected chi connectivity index (χ3v) is 2.07. The van der Waals surface area contributed by atoms with Gasteiger partial charge in [0, 0.05) is 12.5 Å². The van der Waals surface area contributed by atoms with Crippen LogP contribution < -0.4 is 10.1 Å². The molecule has 86 valence electrons. The van der Waals surface area contributed by atoms with Crippen LogP contribution in [0.5, 0.6) is 5.88 Å². The van der Waals surface area contributed by atoms with Gasteiger partial charge >= 0.3 is 6.09 Å². The Balaban J connectivity index is 1.84. The van der Waals surface area contributed by atoms with E-state index in [4.69, 9.17) is 9.47 Å². The Labute approximate surface area is 90.8 Å². The summed E-state index contributed by atoms with van der Waals surface area (Å²) in [4.78, 5) is 17.8. The number of amides is 1. The molecule has 1 N–H and O–H groups in total. The average molecular weight is 227 g/mol. The number of carbonyl (C=O) groups excluding carboxylic acids is 1. The van der Waals surface area contributed by atoms with Gasteiger partial charge in [0.25, 0.3) is 5.88 Å². The van der Waals surface area contributed by atoms with Gasteiger partial charge in [0.15, 0.2) is 0 Å². The standard InChI is InChI=1S/C9H10FN3O3/c10-7-2-11-5-13-8(7)15-3-6-1-12-9(14)16-4-6/h2,5-6H,1,3-4H2,(H,12,14). The summed E-state index contributed by atoms with van der Waals surface area (Å²) in [5.74, 6) is -0.706. The van der Waals surface area contributed by atoms with Crippen molar-refractivity contribution in [3.8, 4) is 5.88 Å². The third-order valence-electron chi connectivity index (χ3n) is 2.07. The summed E-state index contributed by atoms with van der Waals surface area (Å²) in [6.45, 7) is 0.943. The Hall–Kier alpha value is -1.92. The number of carbonyl (C=O) groups is 1. The molecule has 1 aromatic heterocycles. The number of ether oxygens (including phenoxy) is 2. The van der Waals surface area contributed by atoms with Crippen LogP contribution >= 0.6 is 0 Å². The second kappa shape index (κ2) is 4.73. The first kappa shape index (κ1) is 10.6. The Bertz CT molecular complexity index is 378. The predicted molar refractivity (Wildman–Crippen MR) is 50.3 cm³/mol. The van der Waals surface area contributed by atoms with Crippen molar-refractivity contribution in [3.63, 3.8) is 0 Å². The Morgan fingerprint density at radius 1 is 1.69 bits per heavy atom. The summed E-state index contributed by atoms with van der Waals surface area (Å²) in [5, 5.41) is 2.52. The highest BCUT2D eigenvalue weighted by Gasteiger charge is 2.20. The number of nitrogens with zero attached hydrogens (tertiary/aromatic N) is 2. The zero-order chi connectivity index (χ0) is 11.4. The van der Waals surface area contributed by atoms with Crippen molar-refractivity contribution in [2.75, 3.05) is 19.8 Å². The number of cyclic esters (lactones) is 1. The first-order valence-electron chi connectivity index (χ1n) is 4.74. The Morgan fingerprint density at radius 2 is 2.56 bits per heavy atom. The molecule has 1 aromatic rings. The highest BCUT2D eigenvalue weighted by atomic mass is 19.1. The molecule has 7 heteroatoms. The molecule has 0 bridgehead atoms. The maximum atomic E-state index is 13.1. The molecular formula is C9H10FN3O3. The van der Waals surface area contributed by atoms with E-state index in [-0.39, 0.29) is 25.0 Å². The quantitative estimate of drug-likeness (QED) is 0.806. The lowest BCUT2D eigenvalue weighted by Crippen LogP contribution is -2.41. The second-order valence-electron chi connectivity index (χ2n) is 3.33. The van der Waals surface area contributed by atoms with Gasteiger partial charge in [0.05, 0.1) is 12.8 Å². The van der Waals surface area contributed by atoms with Crippen molar-refractivity contribution in [1.29, 1.82) is 0 Å². The van der Waals surface area contributed by atoms with Crippen LogP contribution in [0, 0.1) is 11.7 Å². The monoisotopic (exact) mass is 227 g/mol. The number of aromatic nitrogens is 2. The number of alkyl carbamates (subject to hydrolysis) is 1. The normalized spacial score (nSPS) is 19.8. The van der Waals surface area contributed by atoms with Crippen molar-refractivity contribution >= 4 is 6.09 Å². The van der Waals surface area contributed by atoms with Crippen LogP contribution in [-0.2, 0) is 4.74 Å². The molecule has 1 unspecified atom stereocenters. The van der Waals surface area contributed by atoms with E-state index >= 15 is 0 Å². The number of halogens is 1. The van der Waals surface area contributed by atoms with Crippen LogP contribution in [0.1, 0.15) is 0 Å². The second-order valence-corrected chi connectivity index (χ2v) is 3.33. The van der Waals surface area contributed by atoms with Crippen LogP contribution in [0.25, 0.3) is 0 Å². The molecule has 1 atom stereocenters. The van der Waals surface area contributed by atoms with Crippen LogP contribution in [0.2, 0.25) is 0 Å². The minimum atomic E-state index is -0.608. The fourth-order valence-electron chi connectivity index (χ4n) is 1.24. The summed E-state index contributed by atoms with van der Waals surface area (Å²) in [5.41, 5.74) is 0. The van der Waals surface area contributed by atoms with Gasteiger partial charge in [0.2, 0.25) is 5.82 Å². The maximum absolute atomic E-state index is 13.1. The van der Waals surface area contributed by atoms with Crippen LogP contribution in [0.4, 0.5) is 9.18 Å². The van der Waals surface area contributed by atoms with Gasteiger partial charge in [-0.2, -0.15) is 9.37 Å². The average Bonchev–Trinajstić information content (AvgIpc) is 2.30. The van der Waals surface area contributed by atoms with Crippen molar-refractivity contribution in [2.45, 2.75) is 0 Å². The lowest BCUT2D eigenvalue weighted by atomic mass is 10.1. The molecule has 0 aromatic carbocycles. The van der Waals surface area contributed by atoms with Crippen LogP contribution in [-0.4, -0.2) is 35.8 Å². The van der Waals surface area contributed by atoms with E-state index < -0.39 is 11.9 Å². The van der Waals surface area contributed by atoms with E-state index in [1.165, 1.54) is 6.33 Å². The molecule has 16 heavy (non-hydrogen) atoms. The van der Waals surface area contributed by atoms with Crippen molar-refractivity contribution in [2.24, 2.45) is 5.92 Å².